The number of thioether (sulfide) groups is 2. The van der Waals surface area contributed by atoms with E-state index in [1.165, 1.54) is 32.1 Å². The number of carboxylic acid groups (broad SMARTS) is 1. The van der Waals surface area contributed by atoms with E-state index in [2.05, 4.69) is 26.1 Å². The minimum Gasteiger partial charge on any atom is -1.00 e. The smallest absolute Gasteiger partial charge is 1.00 e. The molecule has 222 valence electrons. The molecule has 2 atom stereocenters. The van der Waals surface area contributed by atoms with Crippen LogP contribution in [-0.4, -0.2) is 51.6 Å². The summed E-state index contributed by atoms with van der Waals surface area (Å²) in [7, 11) is 0. The van der Waals surface area contributed by atoms with Gasteiger partial charge in [0.1, 0.15) is 6.04 Å². The average molecular weight is 594 g/mol. The van der Waals surface area contributed by atoms with Gasteiger partial charge in [0.25, 0.3) is 5.91 Å². The van der Waals surface area contributed by atoms with Crippen molar-refractivity contribution in [3.8, 4) is 11.1 Å². The van der Waals surface area contributed by atoms with Crippen LogP contribution in [0.1, 0.15) is 88.6 Å². The van der Waals surface area contributed by atoms with Gasteiger partial charge >= 0.3 is 24.8 Å². The fraction of sp³-hybridized carbons (Fsp3) is 0.576. The third-order valence-electron chi connectivity index (χ3n) is 7.49. The van der Waals surface area contributed by atoms with Crippen LogP contribution in [0.15, 0.2) is 42.5 Å². The Bertz CT molecular complexity index is 1120. The van der Waals surface area contributed by atoms with Crippen molar-refractivity contribution >= 4 is 35.4 Å². The number of hydrogen-bond acceptors (Lipinski definition) is 5. The Hall–Kier alpha value is -1.36. The number of carbonyl (C=O) groups excluding carboxylic acids is 1. The Balaban J connectivity index is 0.00000441. The molecular formula is C33H48LiNO4S2. The van der Waals surface area contributed by atoms with Crippen LogP contribution in [0.3, 0.4) is 0 Å². The standard InChI is InChI=1S/C33H47NO4S2.Li.H/c1-23-11-9-10-14-27(23)29-20-25(15-16-28(29)31(35)34-30(32(36)37)17-18-39-5)21-38-26(22-40-33(2,3)4)19-24-12-7-6-8-13-24;;/h9-11,14-16,20,24,26,30H,6-8,12-13,17-19,21-22H2,1-5H3,(H,34,35)(H,36,37);;/q;+1;-1/t26?,30-;;/m0../s1. The van der Waals surface area contributed by atoms with Crippen molar-refractivity contribution in [2.75, 3.05) is 17.8 Å². The van der Waals surface area contributed by atoms with Crippen molar-refractivity contribution in [3.05, 3.63) is 59.2 Å². The molecule has 1 aliphatic rings. The second-order valence-corrected chi connectivity index (χ2v) is 14.8. The summed E-state index contributed by atoms with van der Waals surface area (Å²) in [4.78, 5) is 25.2. The summed E-state index contributed by atoms with van der Waals surface area (Å²) < 4.78 is 6.77. The molecule has 1 fully saturated rings. The molecule has 5 nitrogen and oxygen atoms in total. The van der Waals surface area contributed by atoms with Crippen molar-refractivity contribution in [1.82, 2.24) is 5.32 Å². The first-order valence-electron chi connectivity index (χ1n) is 14.5. The number of hydrogen-bond donors (Lipinski definition) is 2. The number of nitrogens with one attached hydrogen (secondary N) is 1. The van der Waals surface area contributed by atoms with Crippen LogP contribution in [0, 0.1) is 12.8 Å². The molecule has 41 heavy (non-hydrogen) atoms. The van der Waals surface area contributed by atoms with Crippen molar-refractivity contribution < 1.29 is 39.7 Å². The predicted octanol–water partition coefficient (Wildman–Crippen LogP) is 5.10. The fourth-order valence-electron chi connectivity index (χ4n) is 5.24. The number of carbonyl (C=O) groups is 2. The number of carboxylic acids is 1. The van der Waals surface area contributed by atoms with Gasteiger partial charge in [-0.3, -0.25) is 4.79 Å². The zero-order chi connectivity index (χ0) is 29.1. The van der Waals surface area contributed by atoms with Gasteiger partial charge in [0, 0.05) is 16.1 Å². The van der Waals surface area contributed by atoms with Crippen LogP contribution < -0.4 is 24.2 Å². The Morgan fingerprint density at radius 3 is 2.44 bits per heavy atom. The van der Waals surface area contributed by atoms with E-state index in [4.69, 9.17) is 4.74 Å². The number of rotatable bonds is 14. The van der Waals surface area contributed by atoms with Gasteiger partial charge in [0.2, 0.25) is 0 Å². The monoisotopic (exact) mass is 593 g/mol. The summed E-state index contributed by atoms with van der Waals surface area (Å²) >= 11 is 3.53. The number of ether oxygens (including phenoxy) is 1. The average Bonchev–Trinajstić information content (AvgIpc) is 2.92. The molecule has 0 saturated heterocycles. The summed E-state index contributed by atoms with van der Waals surface area (Å²) in [6, 6.07) is 12.9. The molecule has 2 aromatic carbocycles. The second-order valence-electron chi connectivity index (χ2n) is 11.9. The second kappa shape index (κ2) is 17.7. The molecule has 0 heterocycles. The molecule has 3 rings (SSSR count). The van der Waals surface area contributed by atoms with Gasteiger partial charge in [-0.15, -0.1) is 0 Å². The minimum absolute atomic E-state index is 0. The van der Waals surface area contributed by atoms with Gasteiger partial charge in [-0.25, -0.2) is 4.79 Å². The van der Waals surface area contributed by atoms with E-state index in [9.17, 15) is 14.7 Å². The topological polar surface area (TPSA) is 75.6 Å². The summed E-state index contributed by atoms with van der Waals surface area (Å²) in [6.07, 6.45) is 10.2. The molecule has 0 bridgehead atoms. The first-order chi connectivity index (χ1) is 19.1. The quantitative estimate of drug-likeness (QED) is 0.297. The van der Waals surface area contributed by atoms with Gasteiger partial charge < -0.3 is 16.6 Å². The zero-order valence-corrected chi connectivity index (χ0v) is 27.5. The molecule has 0 aromatic heterocycles. The predicted molar refractivity (Wildman–Crippen MR) is 172 cm³/mol. The van der Waals surface area contributed by atoms with Crippen molar-refractivity contribution in [3.63, 3.8) is 0 Å². The maximum Gasteiger partial charge on any atom is 1.00 e. The van der Waals surface area contributed by atoms with E-state index < -0.39 is 12.0 Å². The molecule has 1 saturated carbocycles. The van der Waals surface area contributed by atoms with Gasteiger partial charge in [0.15, 0.2) is 0 Å². The Morgan fingerprint density at radius 2 is 1.80 bits per heavy atom. The van der Waals surface area contributed by atoms with Crippen LogP contribution in [0.2, 0.25) is 0 Å². The molecular weight excluding hydrogens is 545 g/mol. The Kier molecular flexibility index (Phi) is 15.5. The molecule has 1 amide bonds. The van der Waals surface area contributed by atoms with Crippen molar-refractivity contribution in [2.24, 2.45) is 5.92 Å². The van der Waals surface area contributed by atoms with E-state index >= 15 is 0 Å². The van der Waals surface area contributed by atoms with E-state index in [0.29, 0.717) is 24.3 Å². The van der Waals surface area contributed by atoms with E-state index in [1.54, 1.807) is 11.8 Å². The summed E-state index contributed by atoms with van der Waals surface area (Å²) in [5, 5.41) is 12.4. The third kappa shape index (κ3) is 12.0. The number of amides is 1. The molecule has 0 aliphatic heterocycles. The molecule has 0 radical (unpaired) electrons. The molecule has 8 heteroatoms. The number of aryl methyl sites for hydroxylation is 1. The first kappa shape index (κ1) is 35.8. The van der Waals surface area contributed by atoms with E-state index in [0.717, 1.165) is 40.3 Å². The Morgan fingerprint density at radius 1 is 1.10 bits per heavy atom. The van der Waals surface area contributed by atoms with Crippen LogP contribution in [0.4, 0.5) is 0 Å². The molecule has 1 unspecified atom stereocenters. The molecule has 1 aliphatic carbocycles. The summed E-state index contributed by atoms with van der Waals surface area (Å²) in [6.45, 7) is 9.27. The maximum absolute atomic E-state index is 13.4. The Labute approximate surface area is 269 Å². The van der Waals surface area contributed by atoms with Crippen LogP contribution >= 0.6 is 23.5 Å². The van der Waals surface area contributed by atoms with Gasteiger partial charge in [-0.1, -0.05) is 83.2 Å². The minimum atomic E-state index is -1.01. The number of aliphatic carboxylic acids is 1. The van der Waals surface area contributed by atoms with E-state index in [1.807, 2.05) is 67.4 Å². The zero-order valence-electron chi connectivity index (χ0n) is 26.8. The van der Waals surface area contributed by atoms with Gasteiger partial charge in [-0.2, -0.15) is 23.5 Å². The van der Waals surface area contributed by atoms with Crippen LogP contribution in [0.5, 0.6) is 0 Å². The fourth-order valence-corrected chi connectivity index (χ4v) is 6.63. The van der Waals surface area contributed by atoms with Gasteiger partial charge in [-0.05, 0) is 72.1 Å². The molecule has 2 N–H and O–H groups in total. The number of benzene rings is 2. The van der Waals surface area contributed by atoms with Gasteiger partial charge in [0.05, 0.1) is 12.7 Å². The van der Waals surface area contributed by atoms with Crippen LogP contribution in [0.25, 0.3) is 11.1 Å². The maximum atomic E-state index is 13.4. The third-order valence-corrected chi connectivity index (χ3v) is 9.54. The summed E-state index contributed by atoms with van der Waals surface area (Å²) in [5.74, 6) is 0.991. The SMILES string of the molecule is CSCC[C@H](NC(=O)c1ccc(COC(CSC(C)(C)C)CC2CCCCC2)cc1-c1ccccc1C)C(=O)O.[H-].[Li+]. The normalized spacial score (nSPS) is 15.5. The molecule has 0 spiro atoms. The first-order valence-corrected chi connectivity index (χ1v) is 16.9. The van der Waals surface area contributed by atoms with Crippen molar-refractivity contribution in [1.29, 1.82) is 0 Å². The molecule has 2 aromatic rings. The van der Waals surface area contributed by atoms with E-state index in [-0.39, 0.29) is 37.0 Å². The largest absolute Gasteiger partial charge is 1.00 e. The van der Waals surface area contributed by atoms with Crippen molar-refractivity contribution in [2.45, 2.75) is 96.1 Å². The van der Waals surface area contributed by atoms with Crippen LogP contribution in [-0.2, 0) is 16.1 Å². The summed E-state index contributed by atoms with van der Waals surface area (Å²) in [5.41, 5.74) is 4.33.